The molecule has 1 radical (unpaired) electrons. The Morgan fingerprint density at radius 3 is 3.00 bits per heavy atom. The Morgan fingerprint density at radius 1 is 1.92 bits per heavy atom. The van der Waals surface area contributed by atoms with Gasteiger partial charge < -0.3 is 0 Å². The van der Waals surface area contributed by atoms with Gasteiger partial charge in [-0.3, -0.25) is 0 Å². The van der Waals surface area contributed by atoms with Crippen molar-refractivity contribution >= 4 is 26.7 Å². The van der Waals surface area contributed by atoms with Gasteiger partial charge in [0.2, 0.25) is 0 Å². The summed E-state index contributed by atoms with van der Waals surface area (Å²) in [6.45, 7) is 0. The van der Waals surface area contributed by atoms with Crippen molar-refractivity contribution in [2.75, 3.05) is 0 Å². The minimum atomic E-state index is -1.01. The summed E-state index contributed by atoms with van der Waals surface area (Å²) in [5.74, 6) is -1.01. The molecule has 0 saturated carbocycles. The molecule has 5 nitrogen and oxygen atoms in total. The standard InChI is InChI=1S/C6H8N3O2Se/c7-4(5(10)11)1-3-2-8-6(12)9-3/h2,4H,1,7H2,(H,8,9)(H,10,11)/t4-/m0/s1. The molecular weight excluding hydrogens is 225 g/mol. The number of hydrogen-bond acceptors (Lipinski definition) is 3. The summed E-state index contributed by atoms with van der Waals surface area (Å²) in [6, 6.07) is -0.871. The van der Waals surface area contributed by atoms with E-state index in [-0.39, 0.29) is 6.42 Å². The monoisotopic (exact) mass is 234 g/mol. The third-order valence-electron chi connectivity index (χ3n) is 1.36. The van der Waals surface area contributed by atoms with Crippen LogP contribution in [0.2, 0.25) is 0 Å². The number of nitrogens with zero attached hydrogens (tertiary/aromatic N) is 1. The van der Waals surface area contributed by atoms with Crippen molar-refractivity contribution < 1.29 is 9.90 Å². The summed E-state index contributed by atoms with van der Waals surface area (Å²) in [5, 5.41) is 8.48. The molecule has 0 aliphatic rings. The van der Waals surface area contributed by atoms with Crippen LogP contribution in [-0.2, 0) is 11.2 Å². The van der Waals surface area contributed by atoms with Gasteiger partial charge in [0.15, 0.2) is 0 Å². The molecule has 0 saturated heterocycles. The average molecular weight is 233 g/mol. The summed E-state index contributed by atoms with van der Waals surface area (Å²) in [5.41, 5.74) is 6.02. The van der Waals surface area contributed by atoms with Crippen LogP contribution in [-0.4, -0.2) is 43.1 Å². The first-order valence-electron chi connectivity index (χ1n) is 3.29. The van der Waals surface area contributed by atoms with E-state index < -0.39 is 12.0 Å². The van der Waals surface area contributed by atoms with E-state index in [4.69, 9.17) is 10.8 Å². The molecule has 4 N–H and O–H groups in total. The Kier molecular flexibility index (Phi) is 2.86. The molecule has 0 unspecified atom stereocenters. The van der Waals surface area contributed by atoms with Gasteiger partial charge in [-0.1, -0.05) is 0 Å². The molecule has 0 aliphatic heterocycles. The van der Waals surface area contributed by atoms with Crippen LogP contribution in [0.1, 0.15) is 5.69 Å². The molecule has 0 aromatic carbocycles. The second-order valence-corrected chi connectivity index (χ2v) is 3.17. The first-order valence-corrected chi connectivity index (χ1v) is 4.14. The van der Waals surface area contributed by atoms with Crippen molar-refractivity contribution in [1.82, 2.24) is 9.97 Å². The zero-order valence-electron chi connectivity index (χ0n) is 6.15. The van der Waals surface area contributed by atoms with Crippen molar-refractivity contribution in [3.63, 3.8) is 0 Å². The quantitative estimate of drug-likeness (QED) is 0.535. The molecule has 6 heteroatoms. The van der Waals surface area contributed by atoms with Gasteiger partial charge in [0.05, 0.1) is 0 Å². The molecule has 1 rings (SSSR count). The van der Waals surface area contributed by atoms with Gasteiger partial charge >= 0.3 is 76.7 Å². The summed E-state index contributed by atoms with van der Waals surface area (Å²) < 4.78 is 0.641. The van der Waals surface area contributed by atoms with Crippen molar-refractivity contribution in [3.8, 4) is 0 Å². The predicted octanol–water partition coefficient (Wildman–Crippen LogP) is -1.84. The van der Waals surface area contributed by atoms with Gasteiger partial charge in [-0.05, 0) is 0 Å². The van der Waals surface area contributed by atoms with Crippen LogP contribution < -0.4 is 10.5 Å². The van der Waals surface area contributed by atoms with Crippen LogP contribution in [0.3, 0.4) is 0 Å². The summed E-state index contributed by atoms with van der Waals surface area (Å²) in [4.78, 5) is 17.1. The maximum atomic E-state index is 10.3. The number of aromatic nitrogens is 2. The number of nitrogens with one attached hydrogen (secondary N) is 1. The van der Waals surface area contributed by atoms with E-state index >= 15 is 0 Å². The van der Waals surface area contributed by atoms with Crippen molar-refractivity contribution in [2.45, 2.75) is 12.5 Å². The molecule has 1 atom stereocenters. The van der Waals surface area contributed by atoms with E-state index in [9.17, 15) is 4.79 Å². The normalized spacial score (nSPS) is 12.8. The SMILES string of the molecule is N[C@@H](Cc1cnc([Se])[nH]1)C(=O)O. The number of carbonyl (C=O) groups is 1. The second-order valence-electron chi connectivity index (χ2n) is 2.36. The third-order valence-corrected chi connectivity index (χ3v) is 1.80. The molecule has 1 aromatic heterocycles. The van der Waals surface area contributed by atoms with E-state index in [2.05, 4.69) is 26.0 Å². The maximum absolute atomic E-state index is 10.3. The van der Waals surface area contributed by atoms with Gasteiger partial charge in [-0.25, -0.2) is 0 Å². The fourth-order valence-corrected chi connectivity index (χ4v) is 1.15. The third kappa shape index (κ3) is 2.34. The van der Waals surface area contributed by atoms with Crippen LogP contribution in [0.15, 0.2) is 6.20 Å². The number of carboxylic acid groups (broad SMARTS) is 1. The Bertz CT molecular complexity index is 286. The van der Waals surface area contributed by atoms with Crippen LogP contribution in [0.5, 0.6) is 0 Å². The van der Waals surface area contributed by atoms with Gasteiger partial charge in [-0.15, -0.1) is 0 Å². The number of aliphatic carboxylic acids is 1. The van der Waals surface area contributed by atoms with Crippen LogP contribution in [0, 0.1) is 0 Å². The predicted molar refractivity (Wildman–Crippen MR) is 43.3 cm³/mol. The van der Waals surface area contributed by atoms with E-state index in [0.717, 1.165) is 5.69 Å². The molecule has 1 heterocycles. The molecule has 1 aromatic rings. The van der Waals surface area contributed by atoms with E-state index in [1.165, 1.54) is 0 Å². The Balaban J connectivity index is 2.58. The van der Waals surface area contributed by atoms with Crippen molar-refractivity contribution in [2.24, 2.45) is 5.73 Å². The van der Waals surface area contributed by atoms with Crippen LogP contribution in [0.4, 0.5) is 0 Å². The van der Waals surface area contributed by atoms with Crippen molar-refractivity contribution in [1.29, 1.82) is 0 Å². The molecule has 0 aliphatic carbocycles. The number of hydrogen-bond donors (Lipinski definition) is 3. The average Bonchev–Trinajstić information content (AvgIpc) is 2.35. The zero-order valence-corrected chi connectivity index (χ0v) is 7.86. The van der Waals surface area contributed by atoms with Gasteiger partial charge in [-0.2, -0.15) is 0 Å². The van der Waals surface area contributed by atoms with Gasteiger partial charge in [0.25, 0.3) is 0 Å². The second kappa shape index (κ2) is 3.71. The number of imidazole rings is 1. The van der Waals surface area contributed by atoms with Crippen molar-refractivity contribution in [3.05, 3.63) is 11.9 Å². The number of carboxylic acids is 1. The first-order chi connectivity index (χ1) is 5.59. The van der Waals surface area contributed by atoms with Gasteiger partial charge in [0.1, 0.15) is 0 Å². The Labute approximate surface area is 77.2 Å². The number of rotatable bonds is 3. The van der Waals surface area contributed by atoms with Crippen LogP contribution in [0.25, 0.3) is 0 Å². The summed E-state index contributed by atoms with van der Waals surface area (Å²) in [6.07, 6.45) is 1.83. The molecule has 0 bridgehead atoms. The number of aromatic amines is 1. The van der Waals surface area contributed by atoms with E-state index in [1.54, 1.807) is 6.20 Å². The first kappa shape index (κ1) is 9.25. The van der Waals surface area contributed by atoms with Crippen LogP contribution >= 0.6 is 0 Å². The summed E-state index contributed by atoms with van der Waals surface area (Å²) in [7, 11) is 0. The fourth-order valence-electron chi connectivity index (χ4n) is 0.766. The van der Waals surface area contributed by atoms with E-state index in [0.29, 0.717) is 4.72 Å². The molecule has 65 valence electrons. The van der Waals surface area contributed by atoms with E-state index in [1.807, 2.05) is 0 Å². The molecule has 0 amide bonds. The topological polar surface area (TPSA) is 92.0 Å². The molecule has 12 heavy (non-hydrogen) atoms. The molecular formula is C6H8N3O2Se. The van der Waals surface area contributed by atoms with Gasteiger partial charge in [0, 0.05) is 0 Å². The molecule has 0 spiro atoms. The molecule has 0 fully saturated rings. The fraction of sp³-hybridized carbons (Fsp3) is 0.333. The minimum absolute atomic E-state index is 0.268. The zero-order chi connectivity index (χ0) is 9.14. The Hall–Kier alpha value is -0.841. The Morgan fingerprint density at radius 2 is 2.58 bits per heavy atom. The number of nitrogens with two attached hydrogens (primary N) is 1. The number of H-pyrrole nitrogens is 1. The summed E-state index contributed by atoms with van der Waals surface area (Å²) >= 11 is 2.67.